The van der Waals surface area contributed by atoms with Crippen molar-refractivity contribution in [1.29, 1.82) is 0 Å². The molecule has 0 aliphatic heterocycles. The van der Waals surface area contributed by atoms with Crippen LogP contribution in [0, 0.1) is 5.92 Å². The summed E-state index contributed by atoms with van der Waals surface area (Å²) < 4.78 is 0. The van der Waals surface area contributed by atoms with E-state index in [1.807, 2.05) is 0 Å². The van der Waals surface area contributed by atoms with E-state index in [0.29, 0.717) is 0 Å². The van der Waals surface area contributed by atoms with Crippen molar-refractivity contribution in [3.8, 4) is 0 Å². The fraction of sp³-hybridized carbons (Fsp3) is 1.00. The largest absolute Gasteiger partial charge is 0.317 e. The molecule has 0 bridgehead atoms. The van der Waals surface area contributed by atoms with Crippen LogP contribution < -0.4 is 5.32 Å². The number of rotatable bonds is 4. The van der Waals surface area contributed by atoms with Gasteiger partial charge in [0.1, 0.15) is 0 Å². The van der Waals surface area contributed by atoms with Gasteiger partial charge in [0.2, 0.25) is 0 Å². The Labute approximate surface area is 84.3 Å². The van der Waals surface area contributed by atoms with Crippen molar-refractivity contribution in [3.63, 3.8) is 0 Å². The second-order valence-corrected chi connectivity index (χ2v) is 3.90. The first-order chi connectivity index (χ1) is 6.35. The van der Waals surface area contributed by atoms with Gasteiger partial charge in [0.25, 0.3) is 0 Å². The predicted octanol–water partition coefficient (Wildman–Crippen LogP) is 3.59. The SMILES string of the molecule is CCCC1CCCC1.CCNCC. The summed E-state index contributed by atoms with van der Waals surface area (Å²) in [6.45, 7) is 8.68. The quantitative estimate of drug-likeness (QED) is 0.705. The van der Waals surface area contributed by atoms with Crippen LogP contribution in [0.15, 0.2) is 0 Å². The van der Waals surface area contributed by atoms with Crippen molar-refractivity contribution in [2.75, 3.05) is 13.1 Å². The molecule has 80 valence electrons. The molecule has 0 heterocycles. The van der Waals surface area contributed by atoms with E-state index in [-0.39, 0.29) is 0 Å². The molecule has 1 rings (SSSR count). The van der Waals surface area contributed by atoms with Crippen LogP contribution >= 0.6 is 0 Å². The van der Waals surface area contributed by atoms with E-state index in [1.54, 1.807) is 0 Å². The van der Waals surface area contributed by atoms with E-state index in [4.69, 9.17) is 0 Å². The predicted molar refractivity (Wildman–Crippen MR) is 61.1 cm³/mol. The Morgan fingerprint density at radius 2 is 1.54 bits per heavy atom. The highest BCUT2D eigenvalue weighted by Crippen LogP contribution is 2.27. The summed E-state index contributed by atoms with van der Waals surface area (Å²) in [6, 6.07) is 0. The topological polar surface area (TPSA) is 12.0 Å². The molecule has 0 aromatic carbocycles. The van der Waals surface area contributed by atoms with Gasteiger partial charge in [-0.15, -0.1) is 0 Å². The number of nitrogens with one attached hydrogen (secondary N) is 1. The average Bonchev–Trinajstić information content (AvgIpc) is 2.60. The maximum Gasteiger partial charge on any atom is -0.00775 e. The molecular formula is C12H27N. The fourth-order valence-electron chi connectivity index (χ4n) is 1.96. The van der Waals surface area contributed by atoms with Gasteiger partial charge in [-0.2, -0.15) is 0 Å². The highest BCUT2D eigenvalue weighted by molar-refractivity contribution is 4.65. The lowest BCUT2D eigenvalue weighted by Gasteiger charge is -2.03. The fourth-order valence-corrected chi connectivity index (χ4v) is 1.96. The molecule has 0 aromatic rings. The van der Waals surface area contributed by atoms with Crippen LogP contribution in [0.1, 0.15) is 59.3 Å². The number of hydrogen-bond acceptors (Lipinski definition) is 1. The van der Waals surface area contributed by atoms with E-state index in [1.165, 1.54) is 38.5 Å². The molecule has 13 heavy (non-hydrogen) atoms. The van der Waals surface area contributed by atoms with Gasteiger partial charge in [-0.3, -0.25) is 0 Å². The standard InChI is InChI=1S/C8H16.C4H11N/c1-2-5-8-6-3-4-7-8;1-3-5-4-2/h8H,2-7H2,1H3;5H,3-4H2,1-2H3. The highest BCUT2D eigenvalue weighted by atomic mass is 14.8. The van der Waals surface area contributed by atoms with Crippen molar-refractivity contribution < 1.29 is 0 Å². The second kappa shape index (κ2) is 10.0. The first kappa shape index (κ1) is 13.0. The monoisotopic (exact) mass is 185 g/mol. The van der Waals surface area contributed by atoms with Crippen molar-refractivity contribution in [1.82, 2.24) is 5.32 Å². The molecule has 1 heteroatoms. The van der Waals surface area contributed by atoms with Gasteiger partial charge in [0.05, 0.1) is 0 Å². The molecule has 1 aliphatic rings. The maximum atomic E-state index is 3.11. The summed E-state index contributed by atoms with van der Waals surface area (Å²) in [7, 11) is 0. The molecule has 0 saturated heterocycles. The first-order valence-corrected chi connectivity index (χ1v) is 6.05. The van der Waals surface area contributed by atoms with Crippen molar-refractivity contribution in [2.24, 2.45) is 5.92 Å². The minimum atomic E-state index is 1.09. The van der Waals surface area contributed by atoms with Crippen molar-refractivity contribution in [3.05, 3.63) is 0 Å². The van der Waals surface area contributed by atoms with Gasteiger partial charge in [0.15, 0.2) is 0 Å². The average molecular weight is 185 g/mol. The summed E-state index contributed by atoms with van der Waals surface area (Å²) in [6.07, 6.45) is 8.93. The molecule has 1 fully saturated rings. The zero-order valence-electron chi connectivity index (χ0n) is 9.73. The van der Waals surface area contributed by atoms with E-state index in [2.05, 4.69) is 26.1 Å². The van der Waals surface area contributed by atoms with Gasteiger partial charge >= 0.3 is 0 Å². The Balaban J connectivity index is 0.000000252. The van der Waals surface area contributed by atoms with E-state index >= 15 is 0 Å². The maximum absolute atomic E-state index is 3.11. The molecule has 0 atom stereocenters. The molecule has 0 aromatic heterocycles. The van der Waals surface area contributed by atoms with Crippen LogP contribution in [0.3, 0.4) is 0 Å². The van der Waals surface area contributed by atoms with E-state index in [9.17, 15) is 0 Å². The third-order valence-electron chi connectivity index (χ3n) is 2.67. The van der Waals surface area contributed by atoms with Gasteiger partial charge in [0, 0.05) is 0 Å². The first-order valence-electron chi connectivity index (χ1n) is 6.05. The summed E-state index contributed by atoms with van der Waals surface area (Å²) in [5.74, 6) is 1.11. The summed E-state index contributed by atoms with van der Waals surface area (Å²) >= 11 is 0. The lowest BCUT2D eigenvalue weighted by molar-refractivity contribution is 0.496. The normalized spacial score (nSPS) is 16.8. The molecule has 1 aliphatic carbocycles. The van der Waals surface area contributed by atoms with Crippen LogP contribution in [0.2, 0.25) is 0 Å². The van der Waals surface area contributed by atoms with Crippen LogP contribution in [0.5, 0.6) is 0 Å². The number of hydrogen-bond donors (Lipinski definition) is 1. The smallest absolute Gasteiger partial charge is 0.00775 e. The minimum absolute atomic E-state index is 1.09. The third-order valence-corrected chi connectivity index (χ3v) is 2.67. The van der Waals surface area contributed by atoms with Crippen molar-refractivity contribution >= 4 is 0 Å². The Morgan fingerprint density at radius 1 is 1.00 bits per heavy atom. The second-order valence-electron chi connectivity index (χ2n) is 3.90. The van der Waals surface area contributed by atoms with Gasteiger partial charge in [-0.05, 0) is 19.0 Å². The van der Waals surface area contributed by atoms with Crippen LogP contribution in [0.25, 0.3) is 0 Å². The summed E-state index contributed by atoms with van der Waals surface area (Å²) in [4.78, 5) is 0. The van der Waals surface area contributed by atoms with Gasteiger partial charge in [-0.25, -0.2) is 0 Å². The third kappa shape index (κ3) is 8.29. The zero-order valence-corrected chi connectivity index (χ0v) is 9.73. The van der Waals surface area contributed by atoms with Gasteiger partial charge < -0.3 is 5.32 Å². The zero-order chi connectivity index (χ0) is 9.94. The molecule has 1 saturated carbocycles. The summed E-state index contributed by atoms with van der Waals surface area (Å²) in [5, 5.41) is 3.11. The molecule has 1 nitrogen and oxygen atoms in total. The highest BCUT2D eigenvalue weighted by Gasteiger charge is 2.12. The van der Waals surface area contributed by atoms with Crippen molar-refractivity contribution in [2.45, 2.75) is 59.3 Å². The Hall–Kier alpha value is -0.0400. The Bertz CT molecular complexity index is 83.1. The van der Waals surface area contributed by atoms with Crippen LogP contribution in [-0.4, -0.2) is 13.1 Å². The molecule has 1 N–H and O–H groups in total. The van der Waals surface area contributed by atoms with Gasteiger partial charge in [-0.1, -0.05) is 59.3 Å². The van der Waals surface area contributed by atoms with Crippen LogP contribution in [0.4, 0.5) is 0 Å². The van der Waals surface area contributed by atoms with E-state index in [0.717, 1.165) is 19.0 Å². The molecule has 0 amide bonds. The lowest BCUT2D eigenvalue weighted by Crippen LogP contribution is -2.09. The molecule has 0 radical (unpaired) electrons. The lowest BCUT2D eigenvalue weighted by atomic mass is 10.0. The summed E-state index contributed by atoms with van der Waals surface area (Å²) in [5.41, 5.74) is 0. The molecule has 0 spiro atoms. The minimum Gasteiger partial charge on any atom is -0.317 e. The molecule has 0 unspecified atom stereocenters. The Kier molecular flexibility index (Phi) is 10.0. The van der Waals surface area contributed by atoms with E-state index < -0.39 is 0 Å². The van der Waals surface area contributed by atoms with Crippen LogP contribution in [-0.2, 0) is 0 Å². The Morgan fingerprint density at radius 3 is 1.85 bits per heavy atom. The molecular weight excluding hydrogens is 158 g/mol.